The number of hydrogen-bond donors (Lipinski definition) is 0. The quantitative estimate of drug-likeness (QED) is 0.559. The van der Waals surface area contributed by atoms with Gasteiger partial charge in [-0.25, -0.2) is 18.2 Å². The lowest BCUT2D eigenvalue weighted by Gasteiger charge is -2.05. The predicted molar refractivity (Wildman–Crippen MR) is 86.1 cm³/mol. The molecule has 0 fully saturated rings. The summed E-state index contributed by atoms with van der Waals surface area (Å²) in [5, 5.41) is 0. The van der Waals surface area contributed by atoms with Crippen molar-refractivity contribution in [3.63, 3.8) is 0 Å². The third-order valence-corrected chi connectivity index (χ3v) is 3.81. The lowest BCUT2D eigenvalue weighted by atomic mass is 10.1. The third kappa shape index (κ3) is 2.59. The molecule has 0 bridgehead atoms. The summed E-state index contributed by atoms with van der Waals surface area (Å²) < 4.78 is 43.1. The number of rotatable bonds is 2. The Morgan fingerprint density at radius 3 is 2.48 bits per heavy atom. The first kappa shape index (κ1) is 15.2. The van der Waals surface area contributed by atoms with E-state index in [1.807, 2.05) is 0 Å². The number of fused-ring (bicyclic) bond motifs is 1. The topological polar surface area (TPSA) is 39.3 Å². The summed E-state index contributed by atoms with van der Waals surface area (Å²) in [6.45, 7) is 0. The fourth-order valence-corrected chi connectivity index (χ4v) is 2.64. The van der Waals surface area contributed by atoms with E-state index in [2.05, 4.69) is 4.98 Å². The van der Waals surface area contributed by atoms with E-state index in [4.69, 9.17) is 0 Å². The SMILES string of the molecule is O=c1c2nc(-c3ccc(F)cc3F)cn2ccn1-c1cccc(F)c1. The van der Waals surface area contributed by atoms with Crippen LogP contribution in [0.2, 0.25) is 0 Å². The van der Waals surface area contributed by atoms with Gasteiger partial charge in [-0.3, -0.25) is 9.36 Å². The van der Waals surface area contributed by atoms with Crippen molar-refractivity contribution in [2.24, 2.45) is 0 Å². The van der Waals surface area contributed by atoms with Gasteiger partial charge in [0.15, 0.2) is 0 Å². The molecule has 0 saturated carbocycles. The van der Waals surface area contributed by atoms with E-state index < -0.39 is 23.0 Å². The number of halogens is 3. The van der Waals surface area contributed by atoms with E-state index in [-0.39, 0.29) is 16.9 Å². The van der Waals surface area contributed by atoms with Crippen molar-refractivity contribution in [3.8, 4) is 16.9 Å². The molecule has 0 aliphatic carbocycles. The number of benzene rings is 2. The van der Waals surface area contributed by atoms with Crippen molar-refractivity contribution in [1.82, 2.24) is 14.0 Å². The molecular formula is C18H10F3N3O. The Labute approximate surface area is 139 Å². The van der Waals surface area contributed by atoms with Crippen LogP contribution in [0, 0.1) is 17.5 Å². The van der Waals surface area contributed by atoms with Gasteiger partial charge in [0, 0.05) is 30.2 Å². The summed E-state index contributed by atoms with van der Waals surface area (Å²) in [4.78, 5) is 16.8. The Hall–Kier alpha value is -3.35. The van der Waals surface area contributed by atoms with E-state index in [0.29, 0.717) is 5.69 Å². The Morgan fingerprint density at radius 2 is 1.72 bits per heavy atom. The highest BCUT2D eigenvalue weighted by Crippen LogP contribution is 2.22. The van der Waals surface area contributed by atoms with E-state index in [9.17, 15) is 18.0 Å². The summed E-state index contributed by atoms with van der Waals surface area (Å²) in [6.07, 6.45) is 4.50. The standard InChI is InChI=1S/C18H10F3N3O/c19-11-2-1-3-13(8-11)24-7-6-23-10-16(22-17(23)18(24)25)14-5-4-12(20)9-15(14)21/h1-10H. The Kier molecular flexibility index (Phi) is 3.42. The lowest BCUT2D eigenvalue weighted by Crippen LogP contribution is -2.20. The highest BCUT2D eigenvalue weighted by atomic mass is 19.1. The average Bonchev–Trinajstić information content (AvgIpc) is 3.00. The van der Waals surface area contributed by atoms with Crippen LogP contribution in [0.5, 0.6) is 0 Å². The van der Waals surface area contributed by atoms with Crippen molar-refractivity contribution < 1.29 is 13.2 Å². The molecular weight excluding hydrogens is 331 g/mol. The van der Waals surface area contributed by atoms with E-state index >= 15 is 0 Å². The zero-order valence-corrected chi connectivity index (χ0v) is 12.7. The second kappa shape index (κ2) is 5.62. The molecule has 2 aromatic carbocycles. The minimum Gasteiger partial charge on any atom is -0.300 e. The second-order valence-corrected chi connectivity index (χ2v) is 5.43. The van der Waals surface area contributed by atoms with Gasteiger partial charge in [-0.2, -0.15) is 0 Å². The monoisotopic (exact) mass is 341 g/mol. The summed E-state index contributed by atoms with van der Waals surface area (Å²) in [6, 6.07) is 8.71. The molecule has 0 unspecified atom stereocenters. The molecule has 124 valence electrons. The summed E-state index contributed by atoms with van der Waals surface area (Å²) in [5.74, 6) is -1.94. The van der Waals surface area contributed by atoms with E-state index in [1.165, 1.54) is 45.6 Å². The van der Waals surface area contributed by atoms with Crippen molar-refractivity contribution in [2.75, 3.05) is 0 Å². The van der Waals surface area contributed by atoms with Gasteiger partial charge in [0.1, 0.15) is 17.5 Å². The molecule has 2 heterocycles. The van der Waals surface area contributed by atoms with Gasteiger partial charge >= 0.3 is 0 Å². The highest BCUT2D eigenvalue weighted by molar-refractivity contribution is 5.63. The molecule has 2 aromatic heterocycles. The third-order valence-electron chi connectivity index (χ3n) is 3.81. The molecule has 4 aromatic rings. The first-order chi connectivity index (χ1) is 12.0. The zero-order chi connectivity index (χ0) is 17.6. The molecule has 4 nitrogen and oxygen atoms in total. The molecule has 7 heteroatoms. The first-order valence-corrected chi connectivity index (χ1v) is 7.35. The van der Waals surface area contributed by atoms with Crippen molar-refractivity contribution in [2.45, 2.75) is 0 Å². The number of aromatic nitrogens is 3. The Bertz CT molecular complexity index is 1160. The molecule has 4 rings (SSSR count). The van der Waals surface area contributed by atoms with Gasteiger partial charge in [0.05, 0.1) is 11.4 Å². The van der Waals surface area contributed by atoms with Gasteiger partial charge in [-0.05, 0) is 30.3 Å². The van der Waals surface area contributed by atoms with Crippen molar-refractivity contribution in [3.05, 3.63) is 88.9 Å². The van der Waals surface area contributed by atoms with Crippen LogP contribution in [0.15, 0.2) is 65.8 Å². The van der Waals surface area contributed by atoms with Gasteiger partial charge in [0.25, 0.3) is 5.56 Å². The van der Waals surface area contributed by atoms with E-state index in [1.54, 1.807) is 12.3 Å². The molecule has 0 atom stereocenters. The van der Waals surface area contributed by atoms with Crippen molar-refractivity contribution in [1.29, 1.82) is 0 Å². The van der Waals surface area contributed by atoms with Crippen LogP contribution in [0.25, 0.3) is 22.6 Å². The minimum atomic E-state index is -0.770. The smallest absolute Gasteiger partial charge is 0.298 e. The van der Waals surface area contributed by atoms with Gasteiger partial charge in [-0.15, -0.1) is 0 Å². The fraction of sp³-hybridized carbons (Fsp3) is 0. The lowest BCUT2D eigenvalue weighted by molar-refractivity contribution is 0.585. The van der Waals surface area contributed by atoms with Gasteiger partial charge < -0.3 is 4.40 Å². The molecule has 0 radical (unpaired) electrons. The average molecular weight is 341 g/mol. The van der Waals surface area contributed by atoms with Crippen LogP contribution < -0.4 is 5.56 Å². The molecule has 0 aliphatic heterocycles. The van der Waals surface area contributed by atoms with Crippen LogP contribution in [0.3, 0.4) is 0 Å². The van der Waals surface area contributed by atoms with E-state index in [0.717, 1.165) is 12.1 Å². The maximum absolute atomic E-state index is 13.9. The molecule has 0 amide bonds. The highest BCUT2D eigenvalue weighted by Gasteiger charge is 2.13. The normalized spacial score (nSPS) is 11.2. The Morgan fingerprint density at radius 1 is 0.920 bits per heavy atom. The van der Waals surface area contributed by atoms with Gasteiger partial charge in [-0.1, -0.05) is 6.07 Å². The summed E-state index contributed by atoms with van der Waals surface area (Å²) >= 11 is 0. The largest absolute Gasteiger partial charge is 0.300 e. The van der Waals surface area contributed by atoms with Crippen LogP contribution in [-0.2, 0) is 0 Å². The Balaban J connectivity index is 1.90. The fourth-order valence-electron chi connectivity index (χ4n) is 2.64. The number of hydrogen-bond acceptors (Lipinski definition) is 2. The molecule has 0 N–H and O–H groups in total. The van der Waals surface area contributed by atoms with Crippen LogP contribution in [0.1, 0.15) is 0 Å². The van der Waals surface area contributed by atoms with Gasteiger partial charge in [0.2, 0.25) is 5.65 Å². The second-order valence-electron chi connectivity index (χ2n) is 5.43. The maximum Gasteiger partial charge on any atom is 0.298 e. The molecule has 0 saturated heterocycles. The van der Waals surface area contributed by atoms with Crippen LogP contribution >= 0.6 is 0 Å². The zero-order valence-electron chi connectivity index (χ0n) is 12.7. The molecule has 0 aliphatic rings. The van der Waals surface area contributed by atoms with Crippen molar-refractivity contribution >= 4 is 5.65 Å². The van der Waals surface area contributed by atoms with Crippen LogP contribution in [-0.4, -0.2) is 14.0 Å². The predicted octanol–water partition coefficient (Wildman–Crippen LogP) is 3.57. The molecule has 25 heavy (non-hydrogen) atoms. The minimum absolute atomic E-state index is 0.0467. The summed E-state index contributed by atoms with van der Waals surface area (Å²) in [5.41, 5.74) is 0.200. The number of nitrogens with zero attached hydrogens (tertiary/aromatic N) is 3. The van der Waals surface area contributed by atoms with Crippen LogP contribution in [0.4, 0.5) is 13.2 Å². The molecule has 0 spiro atoms. The number of imidazole rings is 1. The maximum atomic E-state index is 13.9. The summed E-state index contributed by atoms with van der Waals surface area (Å²) in [7, 11) is 0. The first-order valence-electron chi connectivity index (χ1n) is 7.35.